The highest BCUT2D eigenvalue weighted by molar-refractivity contribution is 8.18. The van der Waals surface area contributed by atoms with Gasteiger partial charge in [0.1, 0.15) is 5.75 Å². The zero-order valence-electron chi connectivity index (χ0n) is 13.6. The summed E-state index contributed by atoms with van der Waals surface area (Å²) in [6.07, 6.45) is 1.63. The van der Waals surface area contributed by atoms with E-state index in [0.29, 0.717) is 28.5 Å². The summed E-state index contributed by atoms with van der Waals surface area (Å²) in [6.45, 7) is 0.427. The van der Waals surface area contributed by atoms with E-state index in [-0.39, 0.29) is 17.8 Å². The van der Waals surface area contributed by atoms with Crippen LogP contribution >= 0.6 is 11.8 Å². The summed E-state index contributed by atoms with van der Waals surface area (Å²) in [7, 11) is 0. The van der Waals surface area contributed by atoms with Crippen molar-refractivity contribution in [3.63, 3.8) is 0 Å². The van der Waals surface area contributed by atoms with E-state index in [1.165, 1.54) is 0 Å². The lowest BCUT2D eigenvalue weighted by Gasteiger charge is -2.29. The van der Waals surface area contributed by atoms with Crippen LogP contribution in [0.4, 0.5) is 10.5 Å². The van der Waals surface area contributed by atoms with E-state index >= 15 is 0 Å². The first-order chi connectivity index (χ1) is 12.6. The lowest BCUT2D eigenvalue weighted by molar-refractivity contribution is -0.121. The smallest absolute Gasteiger partial charge is 0.290 e. The Hall–Kier alpha value is -3.06. The van der Waals surface area contributed by atoms with Crippen LogP contribution < -0.4 is 15.0 Å². The summed E-state index contributed by atoms with van der Waals surface area (Å²) < 4.78 is 5.52. The summed E-state index contributed by atoms with van der Waals surface area (Å²) >= 11 is 0.860. The number of hydrogen-bond acceptors (Lipinski definition) is 5. The predicted octanol–water partition coefficient (Wildman–Crippen LogP) is 2.94. The number of nitrogens with one attached hydrogen (secondary N) is 1. The number of imide groups is 1. The first-order valence-corrected chi connectivity index (χ1v) is 8.78. The van der Waals surface area contributed by atoms with Crippen molar-refractivity contribution < 1.29 is 19.1 Å². The van der Waals surface area contributed by atoms with E-state index in [4.69, 9.17) is 4.74 Å². The second-order valence-electron chi connectivity index (χ2n) is 5.83. The largest absolute Gasteiger partial charge is 0.482 e. The van der Waals surface area contributed by atoms with Crippen molar-refractivity contribution in [2.24, 2.45) is 0 Å². The van der Waals surface area contributed by atoms with Gasteiger partial charge in [0, 0.05) is 0 Å². The molecule has 3 amide bonds. The number of thioether (sulfide) groups is 1. The zero-order chi connectivity index (χ0) is 18.1. The third-order valence-corrected chi connectivity index (χ3v) is 4.86. The van der Waals surface area contributed by atoms with Crippen molar-refractivity contribution in [2.75, 3.05) is 11.5 Å². The van der Waals surface area contributed by atoms with E-state index < -0.39 is 5.91 Å². The number of carbonyl (C=O) groups is 3. The Morgan fingerprint density at radius 3 is 2.65 bits per heavy atom. The highest BCUT2D eigenvalue weighted by atomic mass is 32.2. The van der Waals surface area contributed by atoms with Crippen LogP contribution in [0.1, 0.15) is 11.1 Å². The number of carbonyl (C=O) groups excluding carboxylic acids is 3. The lowest BCUT2D eigenvalue weighted by Crippen LogP contribution is -2.38. The Kier molecular flexibility index (Phi) is 4.22. The highest BCUT2D eigenvalue weighted by Gasteiger charge is 2.27. The number of ether oxygens (including phenoxy) is 1. The van der Waals surface area contributed by atoms with Crippen LogP contribution in [0.2, 0.25) is 0 Å². The van der Waals surface area contributed by atoms with Gasteiger partial charge in [-0.05, 0) is 41.1 Å². The molecule has 130 valence electrons. The molecule has 0 saturated carbocycles. The maximum atomic E-state index is 12.4. The SMILES string of the molecule is O=C1NC(=O)C(=Cc2ccc3c(c2)N(Cc2ccccc2)C(=O)CO3)S1. The van der Waals surface area contributed by atoms with Crippen molar-refractivity contribution in [3.05, 3.63) is 64.6 Å². The van der Waals surface area contributed by atoms with Gasteiger partial charge in [0.25, 0.3) is 17.1 Å². The molecule has 1 saturated heterocycles. The molecule has 2 aliphatic rings. The van der Waals surface area contributed by atoms with Gasteiger partial charge in [-0.15, -0.1) is 0 Å². The van der Waals surface area contributed by atoms with Gasteiger partial charge in [0.2, 0.25) is 0 Å². The number of hydrogen-bond donors (Lipinski definition) is 1. The predicted molar refractivity (Wildman–Crippen MR) is 98.7 cm³/mol. The minimum Gasteiger partial charge on any atom is -0.482 e. The van der Waals surface area contributed by atoms with Crippen LogP contribution in [-0.4, -0.2) is 23.7 Å². The molecule has 0 spiro atoms. The number of fused-ring (bicyclic) bond motifs is 1. The summed E-state index contributed by atoms with van der Waals surface area (Å²) in [5.41, 5.74) is 2.37. The molecule has 2 aliphatic heterocycles. The molecule has 0 atom stereocenters. The topological polar surface area (TPSA) is 75.7 Å². The Labute approximate surface area is 153 Å². The van der Waals surface area contributed by atoms with Gasteiger partial charge in [-0.1, -0.05) is 36.4 Å². The van der Waals surface area contributed by atoms with Gasteiger partial charge >= 0.3 is 0 Å². The van der Waals surface area contributed by atoms with Crippen molar-refractivity contribution >= 4 is 40.6 Å². The summed E-state index contributed by atoms with van der Waals surface area (Å²) in [4.78, 5) is 37.4. The molecule has 4 rings (SSSR count). The first kappa shape index (κ1) is 16.4. The minimum atomic E-state index is -0.411. The Morgan fingerprint density at radius 1 is 1.12 bits per heavy atom. The number of rotatable bonds is 3. The summed E-state index contributed by atoms with van der Waals surface area (Å²) in [5.74, 6) is 0.0720. The maximum absolute atomic E-state index is 12.4. The normalized spacial score (nSPS) is 17.9. The number of anilines is 1. The van der Waals surface area contributed by atoms with Gasteiger partial charge in [-0.25, -0.2) is 0 Å². The Bertz CT molecular complexity index is 940. The zero-order valence-corrected chi connectivity index (χ0v) is 14.4. The molecule has 2 aromatic rings. The molecule has 7 heteroatoms. The minimum absolute atomic E-state index is 0.00692. The van der Waals surface area contributed by atoms with Crippen LogP contribution in [0.25, 0.3) is 6.08 Å². The van der Waals surface area contributed by atoms with Crippen LogP contribution in [-0.2, 0) is 16.1 Å². The summed E-state index contributed by atoms with van der Waals surface area (Å²) in [5, 5.41) is 1.84. The molecular weight excluding hydrogens is 352 g/mol. The molecular formula is C19H14N2O4S. The van der Waals surface area contributed by atoms with Crippen molar-refractivity contribution in [1.29, 1.82) is 0 Å². The second kappa shape index (κ2) is 6.68. The van der Waals surface area contributed by atoms with E-state index in [9.17, 15) is 14.4 Å². The van der Waals surface area contributed by atoms with E-state index in [1.54, 1.807) is 29.2 Å². The fraction of sp³-hybridized carbons (Fsp3) is 0.105. The molecule has 1 fully saturated rings. The van der Waals surface area contributed by atoms with Gasteiger partial charge in [-0.2, -0.15) is 0 Å². The molecule has 2 aromatic carbocycles. The molecule has 0 radical (unpaired) electrons. The number of benzene rings is 2. The van der Waals surface area contributed by atoms with Gasteiger partial charge in [0.15, 0.2) is 6.61 Å². The highest BCUT2D eigenvalue weighted by Crippen LogP contribution is 2.35. The average Bonchev–Trinajstić information content (AvgIpc) is 2.95. The molecule has 6 nitrogen and oxygen atoms in total. The maximum Gasteiger partial charge on any atom is 0.290 e. The second-order valence-corrected chi connectivity index (χ2v) is 6.85. The van der Waals surface area contributed by atoms with Crippen LogP contribution in [0.5, 0.6) is 5.75 Å². The molecule has 0 unspecified atom stereocenters. The van der Waals surface area contributed by atoms with Crippen LogP contribution in [0.3, 0.4) is 0 Å². The first-order valence-electron chi connectivity index (χ1n) is 7.96. The Balaban J connectivity index is 1.68. The summed E-state index contributed by atoms with van der Waals surface area (Å²) in [6, 6.07) is 15.0. The molecule has 0 aliphatic carbocycles. The fourth-order valence-corrected chi connectivity index (χ4v) is 3.50. The fourth-order valence-electron chi connectivity index (χ4n) is 2.82. The van der Waals surface area contributed by atoms with E-state index in [1.807, 2.05) is 30.3 Å². The third kappa shape index (κ3) is 3.21. The molecule has 2 heterocycles. The van der Waals surface area contributed by atoms with E-state index in [2.05, 4.69) is 5.32 Å². The van der Waals surface area contributed by atoms with Crippen molar-refractivity contribution in [1.82, 2.24) is 5.32 Å². The quantitative estimate of drug-likeness (QED) is 0.846. The molecule has 1 N–H and O–H groups in total. The standard InChI is InChI=1S/C19H14N2O4S/c22-17-11-25-15-7-6-13(9-16-18(23)20-19(24)26-16)8-14(15)21(17)10-12-4-2-1-3-5-12/h1-9H,10-11H2,(H,20,23,24). The Morgan fingerprint density at radius 2 is 1.92 bits per heavy atom. The van der Waals surface area contributed by atoms with Crippen LogP contribution in [0, 0.1) is 0 Å². The van der Waals surface area contributed by atoms with E-state index in [0.717, 1.165) is 17.3 Å². The molecule has 26 heavy (non-hydrogen) atoms. The number of amides is 3. The van der Waals surface area contributed by atoms with Crippen molar-refractivity contribution in [3.8, 4) is 5.75 Å². The molecule has 0 aromatic heterocycles. The van der Waals surface area contributed by atoms with Gasteiger partial charge < -0.3 is 9.64 Å². The van der Waals surface area contributed by atoms with Crippen molar-refractivity contribution in [2.45, 2.75) is 6.54 Å². The van der Waals surface area contributed by atoms with Gasteiger partial charge in [-0.3, -0.25) is 19.7 Å². The average molecular weight is 366 g/mol. The monoisotopic (exact) mass is 366 g/mol. The number of nitrogens with zero attached hydrogens (tertiary/aromatic N) is 1. The third-order valence-electron chi connectivity index (χ3n) is 4.05. The van der Waals surface area contributed by atoms with Gasteiger partial charge in [0.05, 0.1) is 17.1 Å². The molecule has 0 bridgehead atoms. The lowest BCUT2D eigenvalue weighted by atomic mass is 10.1. The van der Waals surface area contributed by atoms with Crippen LogP contribution in [0.15, 0.2) is 53.4 Å².